The predicted molar refractivity (Wildman–Crippen MR) is 86.5 cm³/mol. The minimum absolute atomic E-state index is 0.0292. The molecule has 0 aromatic carbocycles. The summed E-state index contributed by atoms with van der Waals surface area (Å²) in [5.74, 6) is 0. The van der Waals surface area contributed by atoms with Crippen molar-refractivity contribution in [3.8, 4) is 0 Å². The van der Waals surface area contributed by atoms with Gasteiger partial charge < -0.3 is 5.32 Å². The number of fused-ring (bicyclic) bond motifs is 1. The van der Waals surface area contributed by atoms with Crippen LogP contribution in [0, 0.1) is 0 Å². The Morgan fingerprint density at radius 3 is 3.14 bits per heavy atom. The molecule has 6 heteroatoms. The summed E-state index contributed by atoms with van der Waals surface area (Å²) in [5, 5.41) is 3.33. The van der Waals surface area contributed by atoms with E-state index in [2.05, 4.69) is 31.1 Å². The number of pyridine rings is 1. The van der Waals surface area contributed by atoms with E-state index >= 15 is 0 Å². The normalized spacial score (nSPS) is 20.0. The Balaban J connectivity index is 1.84. The number of nitrogens with one attached hydrogen (secondary N) is 1. The largest absolute Gasteiger partial charge is 0.316 e. The smallest absolute Gasteiger partial charge is 0.258 e. The number of likely N-dealkylation sites (tertiary alicyclic amines) is 1. The Kier molecular flexibility index (Phi) is 4.37. The van der Waals surface area contributed by atoms with Crippen LogP contribution in [0.3, 0.4) is 0 Å². The second kappa shape index (κ2) is 6.25. The third kappa shape index (κ3) is 3.33. The van der Waals surface area contributed by atoms with Crippen LogP contribution >= 0.6 is 15.9 Å². The zero-order valence-corrected chi connectivity index (χ0v) is 13.6. The van der Waals surface area contributed by atoms with Crippen molar-refractivity contribution in [1.82, 2.24) is 19.6 Å². The number of piperidine rings is 1. The van der Waals surface area contributed by atoms with Crippen LogP contribution in [0.1, 0.15) is 18.5 Å². The Hall–Kier alpha value is -1.24. The molecule has 3 rings (SSSR count). The van der Waals surface area contributed by atoms with E-state index in [1.54, 1.807) is 16.7 Å². The van der Waals surface area contributed by atoms with Crippen LogP contribution in [0.2, 0.25) is 0 Å². The van der Waals surface area contributed by atoms with Gasteiger partial charge in [0, 0.05) is 35.9 Å². The van der Waals surface area contributed by atoms with E-state index in [-0.39, 0.29) is 5.56 Å². The van der Waals surface area contributed by atoms with E-state index in [9.17, 15) is 4.79 Å². The maximum absolute atomic E-state index is 12.2. The lowest BCUT2D eigenvalue weighted by Crippen LogP contribution is -2.44. The fraction of sp³-hybridized carbons (Fsp3) is 0.467. The van der Waals surface area contributed by atoms with Crippen molar-refractivity contribution in [3.63, 3.8) is 0 Å². The van der Waals surface area contributed by atoms with Crippen LogP contribution in [0.5, 0.6) is 0 Å². The van der Waals surface area contributed by atoms with Gasteiger partial charge in [-0.3, -0.25) is 14.1 Å². The van der Waals surface area contributed by atoms with Gasteiger partial charge in [0.25, 0.3) is 5.56 Å². The van der Waals surface area contributed by atoms with E-state index in [4.69, 9.17) is 0 Å². The number of hydrogen-bond donors (Lipinski definition) is 1. The highest BCUT2D eigenvalue weighted by atomic mass is 79.9. The van der Waals surface area contributed by atoms with Gasteiger partial charge in [0.05, 0.1) is 5.69 Å². The van der Waals surface area contributed by atoms with Crippen molar-refractivity contribution in [2.24, 2.45) is 0 Å². The summed E-state index contributed by atoms with van der Waals surface area (Å²) in [7, 11) is 2.01. The Morgan fingerprint density at radius 1 is 1.48 bits per heavy atom. The summed E-state index contributed by atoms with van der Waals surface area (Å²) in [6, 6.07) is 5.95. The van der Waals surface area contributed by atoms with Gasteiger partial charge in [0.15, 0.2) is 0 Å². The third-order valence-corrected chi connectivity index (χ3v) is 4.45. The number of aromatic nitrogens is 2. The number of rotatable bonds is 3. The molecule has 1 atom stereocenters. The van der Waals surface area contributed by atoms with Gasteiger partial charge >= 0.3 is 0 Å². The molecule has 0 saturated carbocycles. The molecule has 1 N–H and O–H groups in total. The Bertz CT molecular complexity index is 700. The summed E-state index contributed by atoms with van der Waals surface area (Å²) >= 11 is 3.38. The Morgan fingerprint density at radius 2 is 2.33 bits per heavy atom. The zero-order valence-electron chi connectivity index (χ0n) is 12.1. The van der Waals surface area contributed by atoms with Gasteiger partial charge in [0.2, 0.25) is 0 Å². The molecule has 0 bridgehead atoms. The molecule has 1 aliphatic heterocycles. The van der Waals surface area contributed by atoms with Crippen molar-refractivity contribution >= 4 is 21.6 Å². The number of nitrogens with zero attached hydrogens (tertiary/aromatic N) is 3. The van der Waals surface area contributed by atoms with Gasteiger partial charge in [-0.05, 0) is 54.5 Å². The number of hydrogen-bond acceptors (Lipinski definition) is 4. The van der Waals surface area contributed by atoms with Crippen LogP contribution in [0.4, 0.5) is 0 Å². The lowest BCUT2D eigenvalue weighted by molar-refractivity contribution is 0.186. The molecule has 2 aromatic rings. The maximum Gasteiger partial charge on any atom is 0.258 e. The van der Waals surface area contributed by atoms with E-state index in [1.165, 1.54) is 12.8 Å². The molecule has 1 unspecified atom stereocenters. The van der Waals surface area contributed by atoms with E-state index in [1.807, 2.05) is 19.2 Å². The summed E-state index contributed by atoms with van der Waals surface area (Å²) < 4.78 is 2.44. The fourth-order valence-corrected chi connectivity index (χ4v) is 3.21. The van der Waals surface area contributed by atoms with Crippen molar-refractivity contribution in [2.45, 2.75) is 25.4 Å². The summed E-state index contributed by atoms with van der Waals surface area (Å²) in [5.41, 5.74) is 1.51. The molecule has 2 aromatic heterocycles. The summed E-state index contributed by atoms with van der Waals surface area (Å²) in [6.07, 6.45) is 4.16. The van der Waals surface area contributed by atoms with Crippen LogP contribution < -0.4 is 10.9 Å². The first-order chi connectivity index (χ1) is 10.2. The predicted octanol–water partition coefficient (Wildman–Crippen LogP) is 1.64. The summed E-state index contributed by atoms with van der Waals surface area (Å²) in [4.78, 5) is 19.2. The standard InChI is InChI=1S/C15H19BrN4O/c1-17-12-3-2-6-19(9-12)10-13-7-15(21)20-8-11(16)4-5-14(20)18-13/h4-5,7-8,12,17H,2-3,6,9-10H2,1H3. The van der Waals surface area contributed by atoms with E-state index in [0.717, 1.165) is 29.8 Å². The first kappa shape index (κ1) is 14.7. The Labute approximate surface area is 132 Å². The van der Waals surface area contributed by atoms with Gasteiger partial charge in [-0.1, -0.05) is 0 Å². The average Bonchev–Trinajstić information content (AvgIpc) is 2.48. The van der Waals surface area contributed by atoms with E-state index in [0.29, 0.717) is 11.7 Å². The van der Waals surface area contributed by atoms with Crippen molar-refractivity contribution < 1.29 is 0 Å². The molecular formula is C15H19BrN4O. The minimum Gasteiger partial charge on any atom is -0.316 e. The molecule has 21 heavy (non-hydrogen) atoms. The van der Waals surface area contributed by atoms with Gasteiger partial charge in [0.1, 0.15) is 5.65 Å². The van der Waals surface area contributed by atoms with Gasteiger partial charge in [-0.25, -0.2) is 4.98 Å². The first-order valence-corrected chi connectivity index (χ1v) is 8.02. The lowest BCUT2D eigenvalue weighted by atomic mass is 10.1. The van der Waals surface area contributed by atoms with Crippen molar-refractivity contribution in [3.05, 3.63) is 44.9 Å². The van der Waals surface area contributed by atoms with Crippen LogP contribution in [0.15, 0.2) is 33.7 Å². The molecular weight excluding hydrogens is 332 g/mol. The molecule has 3 heterocycles. The SMILES string of the molecule is CNC1CCCN(Cc2cc(=O)n3cc(Br)ccc3n2)C1. The highest BCUT2D eigenvalue weighted by molar-refractivity contribution is 9.10. The highest BCUT2D eigenvalue weighted by Gasteiger charge is 2.19. The fourth-order valence-electron chi connectivity index (χ4n) is 2.87. The van der Waals surface area contributed by atoms with E-state index < -0.39 is 0 Å². The maximum atomic E-state index is 12.2. The first-order valence-electron chi connectivity index (χ1n) is 7.23. The van der Waals surface area contributed by atoms with Crippen LogP contribution in [-0.4, -0.2) is 40.5 Å². The molecule has 1 aliphatic rings. The van der Waals surface area contributed by atoms with Crippen molar-refractivity contribution in [1.29, 1.82) is 0 Å². The number of likely N-dealkylation sites (N-methyl/N-ethyl adjacent to an activating group) is 1. The minimum atomic E-state index is -0.0292. The molecule has 5 nitrogen and oxygen atoms in total. The highest BCUT2D eigenvalue weighted by Crippen LogP contribution is 2.13. The average molecular weight is 351 g/mol. The molecule has 0 aliphatic carbocycles. The zero-order chi connectivity index (χ0) is 14.8. The molecule has 0 spiro atoms. The second-order valence-corrected chi connectivity index (χ2v) is 6.44. The van der Waals surface area contributed by atoms with Crippen molar-refractivity contribution in [2.75, 3.05) is 20.1 Å². The molecule has 1 saturated heterocycles. The molecule has 112 valence electrons. The molecule has 0 amide bonds. The quantitative estimate of drug-likeness (QED) is 0.914. The molecule has 0 radical (unpaired) electrons. The van der Waals surface area contributed by atoms with Gasteiger partial charge in [-0.15, -0.1) is 0 Å². The summed E-state index contributed by atoms with van der Waals surface area (Å²) in [6.45, 7) is 2.82. The van der Waals surface area contributed by atoms with Crippen LogP contribution in [0.25, 0.3) is 5.65 Å². The van der Waals surface area contributed by atoms with Crippen LogP contribution in [-0.2, 0) is 6.54 Å². The monoisotopic (exact) mass is 350 g/mol. The lowest BCUT2D eigenvalue weighted by Gasteiger charge is -2.32. The third-order valence-electron chi connectivity index (χ3n) is 3.98. The number of halogens is 1. The molecule has 1 fully saturated rings. The second-order valence-electron chi connectivity index (χ2n) is 5.52. The van der Waals surface area contributed by atoms with Gasteiger partial charge in [-0.2, -0.15) is 0 Å². The topological polar surface area (TPSA) is 49.6 Å².